The quantitative estimate of drug-likeness (QED) is 0.265. The predicted molar refractivity (Wildman–Crippen MR) is 94.0 cm³/mol. The van der Waals surface area contributed by atoms with Gasteiger partial charge in [-0.05, 0) is 0 Å². The van der Waals surface area contributed by atoms with Crippen molar-refractivity contribution in [3.05, 3.63) is 0 Å². The van der Waals surface area contributed by atoms with Crippen molar-refractivity contribution in [1.82, 2.24) is 0 Å². The Morgan fingerprint density at radius 2 is 1.00 bits per heavy atom. The van der Waals surface area contributed by atoms with E-state index in [0.717, 1.165) is 38.5 Å². The van der Waals surface area contributed by atoms with E-state index in [0.29, 0.717) is 41.1 Å². The molecule has 0 radical (unpaired) electrons. The van der Waals surface area contributed by atoms with Crippen LogP contribution in [0, 0.1) is 0 Å². The summed E-state index contributed by atoms with van der Waals surface area (Å²) in [6.45, 7) is 1.72. The van der Waals surface area contributed by atoms with Crippen molar-refractivity contribution >= 4 is 39.8 Å². The van der Waals surface area contributed by atoms with E-state index in [1.165, 1.54) is 18.3 Å². The van der Waals surface area contributed by atoms with Gasteiger partial charge in [-0.2, -0.15) is 0 Å². The molecular formula is C13H23B3N4O3. The molecule has 0 amide bonds. The summed E-state index contributed by atoms with van der Waals surface area (Å²) in [4.78, 5) is 11.9. The fraction of sp³-hybridized carbons (Fsp3) is 0.769. The summed E-state index contributed by atoms with van der Waals surface area (Å²) in [7, 11) is 1.98. The van der Waals surface area contributed by atoms with Gasteiger partial charge in [-0.15, -0.1) is 0 Å². The molecule has 0 aliphatic heterocycles. The molecule has 0 aliphatic carbocycles. The van der Waals surface area contributed by atoms with Crippen molar-refractivity contribution < 1.29 is 14.1 Å². The van der Waals surface area contributed by atoms with Gasteiger partial charge in [0, 0.05) is 0 Å². The summed E-state index contributed by atoms with van der Waals surface area (Å²) in [5.74, 6) is 0. The average molecular weight is 316 g/mol. The summed E-state index contributed by atoms with van der Waals surface area (Å²) in [5.41, 5.74) is 6.13. The average Bonchev–Trinajstić information content (AvgIpc) is 2.54. The Bertz CT molecular complexity index is 371. The zero-order valence-electron chi connectivity index (χ0n) is 13.5. The van der Waals surface area contributed by atoms with Crippen LogP contribution >= 0.6 is 0 Å². The van der Waals surface area contributed by atoms with Crippen LogP contribution < -0.4 is 5.73 Å². The first-order valence-corrected chi connectivity index (χ1v) is 7.78. The molecule has 10 heteroatoms. The van der Waals surface area contributed by atoms with Crippen LogP contribution in [0.25, 0.3) is 0 Å². The molecule has 0 bridgehead atoms. The molecule has 0 aromatic heterocycles. The molecule has 0 unspecified atom stereocenters. The SMILES string of the molecule is NC(CCCN=CB=O)(CCCN=CB=O)CCCN=CB=O. The van der Waals surface area contributed by atoms with Gasteiger partial charge >= 0.3 is 138 Å². The van der Waals surface area contributed by atoms with E-state index in [-0.39, 0.29) is 5.54 Å². The van der Waals surface area contributed by atoms with Crippen molar-refractivity contribution in [2.24, 2.45) is 20.7 Å². The molecule has 0 aromatic carbocycles. The summed E-state index contributed by atoms with van der Waals surface area (Å²) in [5, 5.41) is 0. The van der Waals surface area contributed by atoms with Crippen LogP contribution in [0.2, 0.25) is 0 Å². The maximum atomic E-state index is 10.2. The topological polar surface area (TPSA) is 114 Å². The van der Waals surface area contributed by atoms with Crippen molar-refractivity contribution in [3.8, 4) is 0 Å². The van der Waals surface area contributed by atoms with E-state index in [9.17, 15) is 14.1 Å². The minimum atomic E-state index is -0.343. The van der Waals surface area contributed by atoms with E-state index in [4.69, 9.17) is 5.73 Å². The van der Waals surface area contributed by atoms with Crippen molar-refractivity contribution in [1.29, 1.82) is 0 Å². The van der Waals surface area contributed by atoms with Gasteiger partial charge in [0.15, 0.2) is 0 Å². The Morgan fingerprint density at radius 1 is 0.696 bits per heavy atom. The predicted octanol–water partition coefficient (Wildman–Crippen LogP) is 0.258. The summed E-state index contributed by atoms with van der Waals surface area (Å²) < 4.78 is 30.5. The van der Waals surface area contributed by atoms with Gasteiger partial charge in [-0.25, -0.2) is 0 Å². The Labute approximate surface area is 139 Å². The van der Waals surface area contributed by atoms with Gasteiger partial charge in [0.25, 0.3) is 0 Å². The van der Waals surface area contributed by atoms with E-state index in [1.807, 2.05) is 0 Å². The van der Waals surface area contributed by atoms with Crippen molar-refractivity contribution in [2.75, 3.05) is 19.6 Å². The van der Waals surface area contributed by atoms with Gasteiger partial charge in [-0.1, -0.05) is 0 Å². The Kier molecular flexibility index (Phi) is 14.5. The Hall–Kier alpha value is -1.44. The molecular weight excluding hydrogens is 293 g/mol. The number of hydrogen-bond donors (Lipinski definition) is 1. The molecule has 0 aromatic rings. The Balaban J connectivity index is 4.30. The molecule has 0 saturated heterocycles. The van der Waals surface area contributed by atoms with Crippen LogP contribution in [-0.2, 0) is 14.1 Å². The van der Waals surface area contributed by atoms with Crippen molar-refractivity contribution in [2.45, 2.75) is 44.1 Å². The molecule has 2 N–H and O–H groups in total. The van der Waals surface area contributed by atoms with Crippen molar-refractivity contribution in [3.63, 3.8) is 0 Å². The standard InChI is InChI=1S/C13H23B3N4O3/c17-13(4-1-7-18-10-14-21,5-2-8-19-11-15-22)6-3-9-20-12-16-23/h10-12H,1-9,17H2. The van der Waals surface area contributed by atoms with Gasteiger partial charge in [0.05, 0.1) is 0 Å². The maximum absolute atomic E-state index is 10.2. The number of hydrogen-bond acceptors (Lipinski definition) is 7. The molecule has 0 fully saturated rings. The molecule has 0 rings (SSSR count). The third-order valence-electron chi connectivity index (χ3n) is 3.38. The first-order valence-electron chi connectivity index (χ1n) is 7.78. The molecule has 7 nitrogen and oxygen atoms in total. The zero-order chi connectivity index (χ0) is 17.2. The zero-order valence-corrected chi connectivity index (χ0v) is 13.5. The molecule has 0 aliphatic rings. The second kappa shape index (κ2) is 15.5. The second-order valence-electron chi connectivity index (χ2n) is 5.25. The minimum absolute atomic E-state index is 0.343. The summed E-state index contributed by atoms with van der Waals surface area (Å²) in [6.07, 6.45) is 8.53. The third kappa shape index (κ3) is 13.9. The van der Waals surface area contributed by atoms with Crippen LogP contribution in [0.15, 0.2) is 15.0 Å². The first kappa shape index (κ1) is 21.6. The van der Waals surface area contributed by atoms with Crippen LogP contribution in [0.1, 0.15) is 38.5 Å². The van der Waals surface area contributed by atoms with E-state index in [2.05, 4.69) is 15.0 Å². The van der Waals surface area contributed by atoms with E-state index < -0.39 is 0 Å². The van der Waals surface area contributed by atoms with Crippen LogP contribution in [0.5, 0.6) is 0 Å². The fourth-order valence-electron chi connectivity index (χ4n) is 2.29. The number of rotatable bonds is 15. The summed E-state index contributed by atoms with van der Waals surface area (Å²) in [6, 6.07) is 0. The number of aliphatic imine (C=N–C) groups is 3. The molecule has 122 valence electrons. The molecule has 0 spiro atoms. The fourth-order valence-corrected chi connectivity index (χ4v) is 2.29. The monoisotopic (exact) mass is 316 g/mol. The molecule has 23 heavy (non-hydrogen) atoms. The first-order chi connectivity index (χ1) is 11.2. The van der Waals surface area contributed by atoms with Crippen LogP contribution in [0.3, 0.4) is 0 Å². The van der Waals surface area contributed by atoms with E-state index >= 15 is 0 Å². The normalized spacial score (nSPS) is 14.0. The van der Waals surface area contributed by atoms with Gasteiger partial charge in [0.1, 0.15) is 0 Å². The number of nitrogens with zero attached hydrogens (tertiary/aromatic N) is 3. The summed E-state index contributed by atoms with van der Waals surface area (Å²) >= 11 is 0. The second-order valence-corrected chi connectivity index (χ2v) is 5.25. The van der Waals surface area contributed by atoms with Gasteiger partial charge in [-0.3, -0.25) is 0 Å². The van der Waals surface area contributed by atoms with Gasteiger partial charge in [0.2, 0.25) is 0 Å². The van der Waals surface area contributed by atoms with E-state index in [1.54, 1.807) is 0 Å². The van der Waals surface area contributed by atoms with Gasteiger partial charge < -0.3 is 0 Å². The molecule has 0 heterocycles. The van der Waals surface area contributed by atoms with Crippen LogP contribution in [-0.4, -0.2) is 65.0 Å². The molecule has 0 saturated carbocycles. The Morgan fingerprint density at radius 3 is 1.26 bits per heavy atom. The molecule has 0 atom stereocenters. The number of nitrogens with two attached hydrogens (primary N) is 1. The van der Waals surface area contributed by atoms with Crippen LogP contribution in [0.4, 0.5) is 0 Å². The third-order valence-corrected chi connectivity index (χ3v) is 3.38.